The predicted molar refractivity (Wildman–Crippen MR) is 476 cm³/mol. The van der Waals surface area contributed by atoms with Crippen LogP contribution in [0.5, 0.6) is 17.2 Å². The van der Waals surface area contributed by atoms with Crippen molar-refractivity contribution in [2.45, 2.75) is 179 Å². The molecule has 0 radical (unpaired) electrons. The van der Waals surface area contributed by atoms with Crippen LogP contribution in [0.4, 0.5) is 36.2 Å². The largest absolute Gasteiger partial charge is 0.498 e. The molecule has 30 heteroatoms. The van der Waals surface area contributed by atoms with Crippen molar-refractivity contribution in [3.63, 3.8) is 0 Å². The minimum Gasteiger partial charge on any atom is -0.497 e. The average molecular weight is 1730 g/mol. The number of carbonyl (C=O) groups excluding carboxylic acids is 4. The fourth-order valence-electron chi connectivity index (χ4n) is 17.4. The van der Waals surface area contributed by atoms with E-state index in [2.05, 4.69) is 83.0 Å². The van der Waals surface area contributed by atoms with Gasteiger partial charge in [-0.25, -0.2) is 19.2 Å². The number of aliphatic hydroxyl groups is 3. The summed E-state index contributed by atoms with van der Waals surface area (Å²) in [5, 5.41) is 47.3. The minimum atomic E-state index is -0.562. The van der Waals surface area contributed by atoms with Gasteiger partial charge in [-0.1, -0.05) is 76.6 Å². The smallest absolute Gasteiger partial charge is 0.497 e. The van der Waals surface area contributed by atoms with Crippen LogP contribution in [0.2, 0.25) is 0 Å². The molecule has 16 rings (SSSR count). The Morgan fingerprint density at radius 1 is 0.492 bits per heavy atom. The van der Waals surface area contributed by atoms with Gasteiger partial charge in [0.15, 0.2) is 0 Å². The van der Waals surface area contributed by atoms with Crippen LogP contribution in [-0.4, -0.2) is 258 Å². The molecule has 0 aliphatic carbocycles. The Balaban J connectivity index is 0.000000142. The first-order valence-electron chi connectivity index (χ1n) is 42.2. The average Bonchev–Trinajstić information content (AvgIpc) is 1.59. The van der Waals surface area contributed by atoms with E-state index >= 15 is 0 Å². The third kappa shape index (κ3) is 21.2. The topological polar surface area (TPSA) is 289 Å². The molecule has 0 bridgehead atoms. The summed E-state index contributed by atoms with van der Waals surface area (Å²) in [5.74, 6) is 2.39. The normalized spacial score (nSPS) is 19.4. The van der Waals surface area contributed by atoms with Crippen LogP contribution >= 0.6 is 15.9 Å². The summed E-state index contributed by atoms with van der Waals surface area (Å²) in [4.78, 5) is 72.1. The molecule has 0 saturated carbocycles. The molecule has 10 heterocycles. The van der Waals surface area contributed by atoms with E-state index in [0.717, 1.165) is 160 Å². The third-order valence-electron chi connectivity index (χ3n) is 24.7. The number of benzene rings is 6. The zero-order valence-electron chi connectivity index (χ0n) is 72.6. The number of aromatic nitrogens is 6. The van der Waals surface area contributed by atoms with E-state index in [1.807, 2.05) is 230 Å². The number of aromatic amines is 2. The van der Waals surface area contributed by atoms with Crippen molar-refractivity contribution >= 4 is 69.8 Å². The van der Waals surface area contributed by atoms with Crippen LogP contribution in [0.25, 0.3) is 22.3 Å². The zero-order chi connectivity index (χ0) is 86.9. The van der Waals surface area contributed by atoms with Crippen molar-refractivity contribution in [3.05, 3.63) is 204 Å². The number of halogens is 1. The summed E-state index contributed by atoms with van der Waals surface area (Å²) in [6.07, 6.45) is 14.2. The molecule has 7 saturated heterocycles. The fourth-order valence-corrected chi connectivity index (χ4v) is 17.6. The number of anilines is 3. The summed E-state index contributed by atoms with van der Waals surface area (Å²) in [6.45, 7) is 29.6. The van der Waals surface area contributed by atoms with Crippen molar-refractivity contribution in [2.75, 3.05) is 115 Å². The monoisotopic (exact) mass is 1730 g/mol. The van der Waals surface area contributed by atoms with Gasteiger partial charge < -0.3 is 73.0 Å². The SMILES string of the molecule is CC(C)(C)OC(=O)n1cc(B2OC(C)(C)C(C)(C)O2)cn1.COc1cccc(CN2C(=O)N(c3ccc(-c4cn[nH]c4)cc3)CC23CCN(CC(C)O)CC3)c1.COc1cccc(CN2C(=O)N(c3ccc(-c4cn[nH]c4)cc3)CC23CCN(CC(C)O)CC3)c1.COc1cccc(CN2C(=O)N(c3ccc(Br)cc3)CC23CCN(CC(C)O)CC3)c1. The number of nitrogens with zero attached hydrogens (tertiary/aromatic N) is 13. The summed E-state index contributed by atoms with van der Waals surface area (Å²) in [7, 11) is 4.45. The minimum absolute atomic E-state index is 0.0351. The molecule has 3 atom stereocenters. The highest BCUT2D eigenvalue weighted by Crippen LogP contribution is 2.45. The summed E-state index contributed by atoms with van der Waals surface area (Å²) < 4.78 is 35.5. The lowest BCUT2D eigenvalue weighted by Gasteiger charge is -2.44. The van der Waals surface area contributed by atoms with Crippen LogP contribution in [-0.2, 0) is 33.7 Å². The molecule has 3 spiro atoms. The van der Waals surface area contributed by atoms with E-state index in [1.54, 1.807) is 46.1 Å². The van der Waals surface area contributed by atoms with Crippen molar-refractivity contribution in [1.82, 2.24) is 59.6 Å². The Labute approximate surface area is 725 Å². The number of ether oxygens (including phenoxy) is 4. The Bertz CT molecular complexity index is 4750. The molecular weight excluding hydrogens is 1610 g/mol. The van der Waals surface area contributed by atoms with Crippen molar-refractivity contribution in [3.8, 4) is 39.5 Å². The fraction of sp³-hybridized carbons (Fsp3) is 0.467. The second-order valence-corrected chi connectivity index (χ2v) is 36.3. The van der Waals surface area contributed by atoms with E-state index < -0.39 is 30.0 Å². The van der Waals surface area contributed by atoms with Gasteiger partial charge in [0.1, 0.15) is 22.8 Å². The maximum atomic E-state index is 13.9. The summed E-state index contributed by atoms with van der Waals surface area (Å²) in [5.41, 5.74) is 8.63. The summed E-state index contributed by atoms with van der Waals surface area (Å²) in [6, 6.07) is 48.1. The van der Waals surface area contributed by atoms with E-state index in [-0.39, 0.29) is 53.0 Å². The molecule has 5 N–H and O–H groups in total. The van der Waals surface area contributed by atoms with Gasteiger partial charge in [0.25, 0.3) is 0 Å². The van der Waals surface area contributed by atoms with E-state index in [4.69, 9.17) is 28.3 Å². The number of hydrogen-bond donors (Lipinski definition) is 5. The molecule has 3 unspecified atom stereocenters. The van der Waals surface area contributed by atoms with Crippen LogP contribution in [0.15, 0.2) is 187 Å². The molecule has 9 aromatic rings. The van der Waals surface area contributed by atoms with Crippen LogP contribution in [0, 0.1) is 0 Å². The van der Waals surface area contributed by atoms with Gasteiger partial charge in [0.2, 0.25) is 0 Å². The lowest BCUT2D eigenvalue weighted by Crippen LogP contribution is -2.54. The van der Waals surface area contributed by atoms with E-state index in [0.29, 0.717) is 64.4 Å². The maximum absolute atomic E-state index is 13.9. The van der Waals surface area contributed by atoms with Crippen LogP contribution in [0.1, 0.15) is 124 Å². The number of likely N-dealkylation sites (tertiary alicyclic amines) is 3. The number of piperidine rings is 3. The maximum Gasteiger partial charge on any atom is 0.498 e. The first-order valence-corrected chi connectivity index (χ1v) is 43.0. The van der Waals surface area contributed by atoms with Crippen molar-refractivity contribution < 1.29 is 62.8 Å². The molecule has 6 amide bonds. The van der Waals surface area contributed by atoms with Gasteiger partial charge in [-0.3, -0.25) is 24.9 Å². The molecular formula is C92H119BBrN15O13. The van der Waals surface area contributed by atoms with E-state index in [1.165, 1.54) is 0 Å². The van der Waals surface area contributed by atoms with Gasteiger partial charge in [0.05, 0.1) is 99.5 Å². The summed E-state index contributed by atoms with van der Waals surface area (Å²) >= 11 is 3.48. The number of carbonyl (C=O) groups is 4. The number of β-amino-alcohol motifs (C(OH)–C–C–N with tert-alkyl or cyclic N) is 3. The first kappa shape index (κ1) is 89.6. The van der Waals surface area contributed by atoms with Crippen molar-refractivity contribution in [1.29, 1.82) is 0 Å². The lowest BCUT2D eigenvalue weighted by molar-refractivity contribution is 0.00578. The Hall–Kier alpha value is -10.1. The quantitative estimate of drug-likeness (QED) is 0.0418. The number of amides is 6. The highest BCUT2D eigenvalue weighted by Gasteiger charge is 2.56. The highest BCUT2D eigenvalue weighted by molar-refractivity contribution is 9.10. The zero-order valence-corrected chi connectivity index (χ0v) is 74.2. The first-order chi connectivity index (χ1) is 58.3. The molecule has 7 aliphatic rings. The molecule has 6 aromatic carbocycles. The van der Waals surface area contributed by atoms with Gasteiger partial charge in [0, 0.05) is 141 Å². The number of nitrogens with one attached hydrogen (secondary N) is 2. The third-order valence-corrected chi connectivity index (χ3v) is 25.2. The second-order valence-electron chi connectivity index (χ2n) is 35.4. The van der Waals surface area contributed by atoms with Gasteiger partial charge in [-0.2, -0.15) is 20.0 Å². The van der Waals surface area contributed by atoms with Crippen LogP contribution in [0.3, 0.4) is 0 Å². The molecule has 3 aromatic heterocycles. The van der Waals surface area contributed by atoms with E-state index in [9.17, 15) is 34.5 Å². The van der Waals surface area contributed by atoms with Gasteiger partial charge >= 0.3 is 31.3 Å². The molecule has 28 nitrogen and oxygen atoms in total. The Morgan fingerprint density at radius 3 is 1.11 bits per heavy atom. The number of hydrogen-bond acceptors (Lipinski definition) is 19. The molecule has 122 heavy (non-hydrogen) atoms. The highest BCUT2D eigenvalue weighted by atomic mass is 79.9. The Morgan fingerprint density at radius 2 is 0.820 bits per heavy atom. The van der Waals surface area contributed by atoms with Crippen LogP contribution < -0.4 is 34.4 Å². The molecule has 7 aliphatic heterocycles. The number of aliphatic hydroxyl groups excluding tert-OH is 3. The molecule has 7 fully saturated rings. The number of urea groups is 3. The van der Waals surface area contributed by atoms with Gasteiger partial charge in [-0.15, -0.1) is 0 Å². The van der Waals surface area contributed by atoms with Crippen molar-refractivity contribution in [2.24, 2.45) is 0 Å². The lowest BCUT2D eigenvalue weighted by atomic mass is 9.82. The van der Waals surface area contributed by atoms with Gasteiger partial charge in [-0.05, 0) is 221 Å². The second kappa shape index (κ2) is 38.3. The predicted octanol–water partition coefficient (Wildman–Crippen LogP) is 13.6. The number of methoxy groups -OCH3 is 3. The molecule has 650 valence electrons. The number of H-pyrrole nitrogens is 2. The standard InChI is InChI=1S/2C27H33N5O3.C24H30BrN3O3.C14H23BN2O4/c2*1-20(33)17-30-12-10-27(11-13-30)19-31(24-8-6-22(7-9-24)23-15-28-29-16-23)26(34)32(27)18-21-4-3-5-25(14-21)35-2;1-18(29)15-26-12-10-24(11-13-26)17-27(21-8-6-20(25)7-9-21)23(30)28(24)16-19-4-3-5-22(14-19)31-2;1-12(2,3)19-11(18)17-9-10(8-16-17)15-20-13(4,5)14(6,7)21-15/h2*3-9,14-16,20,33H,10-13,17-19H2,1-2H3,(H,28,29);3-9,14,18,29H,10-13,15-17H2,1-2H3;8-9H,1-7H3. The Kier molecular flexibility index (Phi) is 28.1. The number of rotatable bonds is 21.